The van der Waals surface area contributed by atoms with Crippen LogP contribution in [0.5, 0.6) is 0 Å². The van der Waals surface area contributed by atoms with E-state index in [1.807, 2.05) is 30.3 Å². The molecule has 0 bridgehead atoms. The van der Waals surface area contributed by atoms with Crippen LogP contribution in [0.4, 0.5) is 0 Å². The molecule has 0 saturated carbocycles. The van der Waals surface area contributed by atoms with Crippen molar-refractivity contribution in [2.75, 3.05) is 7.11 Å². The Morgan fingerprint density at radius 1 is 1.06 bits per heavy atom. The van der Waals surface area contributed by atoms with Crippen molar-refractivity contribution in [3.05, 3.63) is 60.2 Å². The molecule has 0 radical (unpaired) electrons. The molecular weight excluding hydrogens is 216 g/mol. The molecule has 1 N–H and O–H groups in total. The predicted octanol–water partition coefficient (Wildman–Crippen LogP) is 1.90. The van der Waals surface area contributed by atoms with Crippen LogP contribution in [0.25, 0.3) is 0 Å². The van der Waals surface area contributed by atoms with Gasteiger partial charge in [-0.1, -0.05) is 30.3 Å². The molecule has 0 fully saturated rings. The van der Waals surface area contributed by atoms with Gasteiger partial charge in [-0.3, -0.25) is 0 Å². The van der Waals surface area contributed by atoms with Crippen molar-refractivity contribution in [3.63, 3.8) is 0 Å². The molecule has 0 amide bonds. The lowest BCUT2D eigenvalue weighted by molar-refractivity contribution is -0.0152. The van der Waals surface area contributed by atoms with Crippen LogP contribution >= 0.6 is 0 Å². The quantitative estimate of drug-likeness (QED) is 0.871. The fourth-order valence-corrected chi connectivity index (χ4v) is 1.73. The van der Waals surface area contributed by atoms with E-state index in [0.29, 0.717) is 5.56 Å². The molecule has 2 atom stereocenters. The summed E-state index contributed by atoms with van der Waals surface area (Å²) in [7, 11) is 1.57. The fraction of sp³-hybridized carbons (Fsp3) is 0.231. The summed E-state index contributed by atoms with van der Waals surface area (Å²) in [6.45, 7) is 0. The largest absolute Gasteiger partial charge is 0.385 e. The second-order valence-corrected chi connectivity index (χ2v) is 3.68. The van der Waals surface area contributed by atoms with Gasteiger partial charge in [0.2, 0.25) is 0 Å². The summed E-state index contributed by atoms with van der Waals surface area (Å²) in [6, 6.07) is 9.59. The molecule has 1 heterocycles. The molecule has 0 aliphatic rings. The molecule has 0 aliphatic heterocycles. The number of hydrogen-bond donors (Lipinski definition) is 1. The van der Waals surface area contributed by atoms with Crippen molar-refractivity contribution in [1.29, 1.82) is 0 Å². The zero-order valence-corrected chi connectivity index (χ0v) is 9.52. The summed E-state index contributed by atoms with van der Waals surface area (Å²) in [5, 5.41) is 10.2. The van der Waals surface area contributed by atoms with Crippen LogP contribution < -0.4 is 0 Å². The van der Waals surface area contributed by atoms with Gasteiger partial charge in [-0.05, 0) is 5.56 Å². The number of benzene rings is 1. The minimum Gasteiger partial charge on any atom is -0.385 e. The Morgan fingerprint density at radius 2 is 1.71 bits per heavy atom. The van der Waals surface area contributed by atoms with E-state index in [1.54, 1.807) is 19.5 Å². The van der Waals surface area contributed by atoms with Crippen molar-refractivity contribution in [2.24, 2.45) is 0 Å². The van der Waals surface area contributed by atoms with Gasteiger partial charge in [-0.25, -0.2) is 9.97 Å². The summed E-state index contributed by atoms with van der Waals surface area (Å²) in [5.74, 6) is 0. The Hall–Kier alpha value is -1.78. The highest BCUT2D eigenvalue weighted by Crippen LogP contribution is 2.30. The SMILES string of the molecule is COC(c1ccccc1)C(O)c1cncnc1. The standard InChI is InChI=1S/C13H14N2O2/c1-17-13(10-5-3-2-4-6-10)12(16)11-7-14-9-15-8-11/h2-9,12-13,16H,1H3. The van der Waals surface area contributed by atoms with Crippen LogP contribution in [-0.4, -0.2) is 22.2 Å². The third kappa shape index (κ3) is 2.67. The molecule has 4 heteroatoms. The van der Waals surface area contributed by atoms with Gasteiger partial charge in [0.1, 0.15) is 18.5 Å². The summed E-state index contributed by atoms with van der Waals surface area (Å²) in [4.78, 5) is 7.78. The van der Waals surface area contributed by atoms with E-state index >= 15 is 0 Å². The number of rotatable bonds is 4. The summed E-state index contributed by atoms with van der Waals surface area (Å²) in [5.41, 5.74) is 1.56. The average molecular weight is 230 g/mol. The maximum atomic E-state index is 10.2. The van der Waals surface area contributed by atoms with E-state index in [2.05, 4.69) is 9.97 Å². The van der Waals surface area contributed by atoms with Crippen LogP contribution in [0.1, 0.15) is 23.3 Å². The van der Waals surface area contributed by atoms with Gasteiger partial charge >= 0.3 is 0 Å². The lowest BCUT2D eigenvalue weighted by Crippen LogP contribution is -2.13. The summed E-state index contributed by atoms with van der Waals surface area (Å²) < 4.78 is 5.35. The molecule has 0 saturated heterocycles. The highest BCUT2D eigenvalue weighted by molar-refractivity contribution is 5.22. The molecule has 0 spiro atoms. The topological polar surface area (TPSA) is 55.2 Å². The number of aromatic nitrogens is 2. The first-order chi connectivity index (χ1) is 8.33. The first-order valence-electron chi connectivity index (χ1n) is 5.33. The molecule has 17 heavy (non-hydrogen) atoms. The van der Waals surface area contributed by atoms with Crippen LogP contribution in [-0.2, 0) is 4.74 Å². The fourth-order valence-electron chi connectivity index (χ4n) is 1.73. The number of ether oxygens (including phenoxy) is 1. The Bertz CT molecular complexity index is 447. The van der Waals surface area contributed by atoms with Crippen molar-refractivity contribution in [2.45, 2.75) is 12.2 Å². The van der Waals surface area contributed by atoms with Gasteiger partial charge in [-0.2, -0.15) is 0 Å². The highest BCUT2D eigenvalue weighted by Gasteiger charge is 2.22. The Morgan fingerprint density at radius 3 is 2.29 bits per heavy atom. The average Bonchev–Trinajstić information content (AvgIpc) is 2.42. The molecule has 1 aromatic carbocycles. The minimum atomic E-state index is -0.774. The Labute approximate surface area is 99.9 Å². The molecule has 2 unspecified atom stereocenters. The minimum absolute atomic E-state index is 0.415. The third-order valence-electron chi connectivity index (χ3n) is 2.59. The van der Waals surface area contributed by atoms with Gasteiger partial charge in [0.25, 0.3) is 0 Å². The van der Waals surface area contributed by atoms with E-state index in [0.717, 1.165) is 5.56 Å². The van der Waals surface area contributed by atoms with Crippen LogP contribution in [0.3, 0.4) is 0 Å². The smallest absolute Gasteiger partial charge is 0.115 e. The van der Waals surface area contributed by atoms with Gasteiger partial charge in [0.15, 0.2) is 0 Å². The molecule has 2 rings (SSSR count). The molecule has 1 aromatic heterocycles. The molecule has 0 aliphatic carbocycles. The second-order valence-electron chi connectivity index (χ2n) is 3.68. The van der Waals surface area contributed by atoms with Crippen molar-refractivity contribution < 1.29 is 9.84 Å². The number of aliphatic hydroxyl groups is 1. The van der Waals surface area contributed by atoms with Gasteiger partial charge in [-0.15, -0.1) is 0 Å². The normalized spacial score (nSPS) is 14.2. The molecule has 4 nitrogen and oxygen atoms in total. The van der Waals surface area contributed by atoms with E-state index < -0.39 is 12.2 Å². The monoisotopic (exact) mass is 230 g/mol. The third-order valence-corrected chi connectivity index (χ3v) is 2.59. The first kappa shape index (κ1) is 11.7. The second kappa shape index (κ2) is 5.52. The highest BCUT2D eigenvalue weighted by atomic mass is 16.5. The van der Waals surface area contributed by atoms with E-state index in [-0.39, 0.29) is 0 Å². The number of hydrogen-bond acceptors (Lipinski definition) is 4. The van der Waals surface area contributed by atoms with E-state index in [4.69, 9.17) is 4.74 Å². The zero-order chi connectivity index (χ0) is 12.1. The Balaban J connectivity index is 2.25. The maximum absolute atomic E-state index is 10.2. The number of aliphatic hydroxyl groups excluding tert-OH is 1. The van der Waals surface area contributed by atoms with Gasteiger partial charge in [0, 0.05) is 25.1 Å². The lowest BCUT2D eigenvalue weighted by atomic mass is 10.0. The first-order valence-corrected chi connectivity index (χ1v) is 5.33. The molecule has 88 valence electrons. The van der Waals surface area contributed by atoms with Gasteiger partial charge in [0.05, 0.1) is 0 Å². The van der Waals surface area contributed by atoms with Crippen molar-refractivity contribution in [3.8, 4) is 0 Å². The van der Waals surface area contributed by atoms with Crippen molar-refractivity contribution in [1.82, 2.24) is 9.97 Å². The van der Waals surface area contributed by atoms with Crippen molar-refractivity contribution >= 4 is 0 Å². The predicted molar refractivity (Wildman–Crippen MR) is 63.2 cm³/mol. The van der Waals surface area contributed by atoms with Crippen LogP contribution in [0, 0.1) is 0 Å². The lowest BCUT2D eigenvalue weighted by Gasteiger charge is -2.21. The maximum Gasteiger partial charge on any atom is 0.115 e. The van der Waals surface area contributed by atoms with E-state index in [1.165, 1.54) is 6.33 Å². The zero-order valence-electron chi connectivity index (χ0n) is 9.52. The summed E-state index contributed by atoms with van der Waals surface area (Å²) >= 11 is 0. The Kier molecular flexibility index (Phi) is 3.80. The number of methoxy groups -OCH3 is 1. The molecule has 2 aromatic rings. The number of nitrogens with zero attached hydrogens (tertiary/aromatic N) is 2. The summed E-state index contributed by atoms with van der Waals surface area (Å²) in [6.07, 6.45) is 3.42. The van der Waals surface area contributed by atoms with E-state index in [9.17, 15) is 5.11 Å². The molecular formula is C13H14N2O2. The van der Waals surface area contributed by atoms with Crippen LogP contribution in [0.2, 0.25) is 0 Å². The van der Waals surface area contributed by atoms with Gasteiger partial charge < -0.3 is 9.84 Å². The van der Waals surface area contributed by atoms with Crippen LogP contribution in [0.15, 0.2) is 49.1 Å².